The van der Waals surface area contributed by atoms with Crippen LogP contribution in [0.2, 0.25) is 0 Å². The molecule has 0 aromatic heterocycles. The van der Waals surface area contributed by atoms with Crippen LogP contribution in [0.5, 0.6) is 0 Å². The predicted molar refractivity (Wildman–Crippen MR) is 34.8 cm³/mol. The van der Waals surface area contributed by atoms with Crippen LogP contribution in [0.1, 0.15) is 12.8 Å². The topological polar surface area (TPSA) is 49.4 Å². The lowest BCUT2D eigenvalue weighted by atomic mass is 10.4. The minimum absolute atomic E-state index is 0.239. The standard InChI is InChI=1S/C4H9ClO3S/c5-3-1-2-4-8-9(6)7/h1-4H2,(H,6,7)/p-1. The van der Waals surface area contributed by atoms with Gasteiger partial charge >= 0.3 is 0 Å². The molecule has 0 rings (SSSR count). The van der Waals surface area contributed by atoms with Gasteiger partial charge in [0.05, 0.1) is 18.0 Å². The highest BCUT2D eigenvalue weighted by Crippen LogP contribution is 1.92. The van der Waals surface area contributed by atoms with Crippen molar-refractivity contribution in [1.29, 1.82) is 0 Å². The highest BCUT2D eigenvalue weighted by Gasteiger charge is 1.86. The highest BCUT2D eigenvalue weighted by molar-refractivity contribution is 7.74. The van der Waals surface area contributed by atoms with Gasteiger partial charge in [-0.05, 0) is 12.8 Å². The van der Waals surface area contributed by atoms with E-state index in [4.69, 9.17) is 11.6 Å². The van der Waals surface area contributed by atoms with Crippen molar-refractivity contribution in [3.63, 3.8) is 0 Å². The zero-order valence-electron chi connectivity index (χ0n) is 4.84. The lowest BCUT2D eigenvalue weighted by Gasteiger charge is -2.03. The van der Waals surface area contributed by atoms with Gasteiger partial charge in [0.15, 0.2) is 0 Å². The summed E-state index contributed by atoms with van der Waals surface area (Å²) < 4.78 is 23.6. The summed E-state index contributed by atoms with van der Waals surface area (Å²) in [7, 11) is 0. The second kappa shape index (κ2) is 6.48. The normalized spacial score (nSPS) is 13.6. The van der Waals surface area contributed by atoms with E-state index in [2.05, 4.69) is 4.18 Å². The van der Waals surface area contributed by atoms with Gasteiger partial charge in [-0.25, -0.2) is 4.21 Å². The molecule has 0 spiro atoms. The SMILES string of the molecule is O=S([O-])OCCCCCl. The average Bonchev–Trinajstić information content (AvgIpc) is 1.80. The molecule has 0 aromatic carbocycles. The third kappa shape index (κ3) is 8.36. The van der Waals surface area contributed by atoms with Crippen LogP contribution in [0, 0.1) is 0 Å². The summed E-state index contributed by atoms with van der Waals surface area (Å²) in [5, 5.41) is 0. The van der Waals surface area contributed by atoms with Crippen LogP contribution < -0.4 is 0 Å². The maximum Gasteiger partial charge on any atom is 0.0842 e. The van der Waals surface area contributed by atoms with Crippen molar-refractivity contribution in [1.82, 2.24) is 0 Å². The van der Waals surface area contributed by atoms with Gasteiger partial charge in [-0.3, -0.25) is 0 Å². The molecule has 1 atom stereocenters. The van der Waals surface area contributed by atoms with Crippen LogP contribution in [0.25, 0.3) is 0 Å². The number of alkyl halides is 1. The summed E-state index contributed by atoms with van der Waals surface area (Å²) >= 11 is 2.95. The molecule has 0 bridgehead atoms. The molecule has 1 unspecified atom stereocenters. The van der Waals surface area contributed by atoms with Crippen molar-refractivity contribution in [2.45, 2.75) is 12.8 Å². The first-order chi connectivity index (χ1) is 4.27. The minimum Gasteiger partial charge on any atom is -0.750 e. The van der Waals surface area contributed by atoms with Crippen molar-refractivity contribution < 1.29 is 12.9 Å². The Morgan fingerprint density at radius 3 is 2.67 bits per heavy atom. The molecule has 0 aliphatic carbocycles. The summed E-state index contributed by atoms with van der Waals surface area (Å²) in [4.78, 5) is 0. The molecule has 0 amide bonds. The van der Waals surface area contributed by atoms with E-state index in [1.807, 2.05) is 0 Å². The van der Waals surface area contributed by atoms with Crippen LogP contribution in [-0.2, 0) is 15.5 Å². The van der Waals surface area contributed by atoms with Crippen molar-refractivity contribution in [3.05, 3.63) is 0 Å². The molecule has 9 heavy (non-hydrogen) atoms. The van der Waals surface area contributed by atoms with E-state index in [0.29, 0.717) is 12.3 Å². The van der Waals surface area contributed by atoms with Gasteiger partial charge in [0.2, 0.25) is 0 Å². The summed E-state index contributed by atoms with van der Waals surface area (Å²) in [5.74, 6) is 0.550. The summed E-state index contributed by atoms with van der Waals surface area (Å²) in [6.45, 7) is 0.239. The Kier molecular flexibility index (Phi) is 6.74. The molecule has 56 valence electrons. The number of halogens is 1. The van der Waals surface area contributed by atoms with E-state index in [1.54, 1.807) is 0 Å². The van der Waals surface area contributed by atoms with Crippen LogP contribution in [0.4, 0.5) is 0 Å². The maximum absolute atomic E-state index is 9.71. The van der Waals surface area contributed by atoms with E-state index in [-0.39, 0.29) is 6.61 Å². The minimum atomic E-state index is -2.36. The van der Waals surface area contributed by atoms with Crippen LogP contribution >= 0.6 is 11.6 Å². The second-order valence-corrected chi connectivity index (χ2v) is 2.44. The molecule has 0 saturated heterocycles. The van der Waals surface area contributed by atoms with E-state index in [0.717, 1.165) is 6.42 Å². The number of unbranched alkanes of at least 4 members (excludes halogenated alkanes) is 1. The van der Waals surface area contributed by atoms with Crippen molar-refractivity contribution in [3.8, 4) is 0 Å². The molecular weight excluding hydrogens is 164 g/mol. The molecule has 0 N–H and O–H groups in total. The average molecular weight is 172 g/mol. The summed E-state index contributed by atoms with van der Waals surface area (Å²) in [5.41, 5.74) is 0. The van der Waals surface area contributed by atoms with Gasteiger partial charge in [-0.1, -0.05) is 0 Å². The fraction of sp³-hybridized carbons (Fsp3) is 1.00. The van der Waals surface area contributed by atoms with E-state index in [9.17, 15) is 8.76 Å². The largest absolute Gasteiger partial charge is 0.750 e. The Morgan fingerprint density at radius 2 is 2.22 bits per heavy atom. The Labute approximate surface area is 61.8 Å². The van der Waals surface area contributed by atoms with Crippen LogP contribution in [-0.4, -0.2) is 21.2 Å². The van der Waals surface area contributed by atoms with Crippen LogP contribution in [0.15, 0.2) is 0 Å². The molecule has 0 saturated carbocycles. The van der Waals surface area contributed by atoms with Gasteiger partial charge in [0.25, 0.3) is 0 Å². The van der Waals surface area contributed by atoms with Crippen molar-refractivity contribution in [2.75, 3.05) is 12.5 Å². The Hall–Kier alpha value is 0.360. The fourth-order valence-corrected chi connectivity index (χ4v) is 0.766. The predicted octanol–water partition coefficient (Wildman–Crippen LogP) is 0.816. The zero-order valence-corrected chi connectivity index (χ0v) is 6.41. The molecule has 5 heteroatoms. The highest BCUT2D eigenvalue weighted by atomic mass is 35.5. The third-order valence-electron chi connectivity index (χ3n) is 0.708. The van der Waals surface area contributed by atoms with Gasteiger partial charge < -0.3 is 8.74 Å². The Balaban J connectivity index is 2.83. The lowest BCUT2D eigenvalue weighted by Crippen LogP contribution is -1.97. The number of hydrogen-bond donors (Lipinski definition) is 0. The van der Waals surface area contributed by atoms with E-state index < -0.39 is 11.4 Å². The van der Waals surface area contributed by atoms with Crippen molar-refractivity contribution >= 4 is 23.0 Å². The third-order valence-corrected chi connectivity index (χ3v) is 1.33. The number of hydrogen-bond acceptors (Lipinski definition) is 3. The maximum atomic E-state index is 9.71. The van der Waals surface area contributed by atoms with Crippen LogP contribution in [0.3, 0.4) is 0 Å². The Morgan fingerprint density at radius 1 is 1.56 bits per heavy atom. The fourth-order valence-electron chi connectivity index (χ4n) is 0.324. The molecular formula is C4H8ClO3S-. The van der Waals surface area contributed by atoms with E-state index in [1.165, 1.54) is 0 Å². The molecule has 0 aliphatic rings. The number of rotatable bonds is 5. The smallest absolute Gasteiger partial charge is 0.0842 e. The summed E-state index contributed by atoms with van der Waals surface area (Å²) in [6, 6.07) is 0. The first-order valence-electron chi connectivity index (χ1n) is 2.56. The molecule has 3 nitrogen and oxygen atoms in total. The molecule has 0 aliphatic heterocycles. The van der Waals surface area contributed by atoms with Gasteiger partial charge in [-0.15, -0.1) is 11.6 Å². The lowest BCUT2D eigenvalue weighted by molar-refractivity contribution is 0.295. The first kappa shape index (κ1) is 9.36. The molecule has 0 aromatic rings. The summed E-state index contributed by atoms with van der Waals surface area (Å²) in [6.07, 6.45) is 1.48. The molecule has 0 radical (unpaired) electrons. The van der Waals surface area contributed by atoms with Gasteiger partial charge in [-0.2, -0.15) is 0 Å². The molecule has 0 fully saturated rings. The zero-order chi connectivity index (χ0) is 7.11. The van der Waals surface area contributed by atoms with Crippen molar-refractivity contribution in [2.24, 2.45) is 0 Å². The van der Waals surface area contributed by atoms with E-state index >= 15 is 0 Å². The first-order valence-corrected chi connectivity index (χ1v) is 4.09. The monoisotopic (exact) mass is 171 g/mol. The Bertz CT molecular complexity index is 87.9. The van der Waals surface area contributed by atoms with Gasteiger partial charge in [0, 0.05) is 5.88 Å². The molecule has 0 heterocycles. The van der Waals surface area contributed by atoms with Gasteiger partial charge in [0.1, 0.15) is 0 Å². The second-order valence-electron chi connectivity index (χ2n) is 1.42. The quantitative estimate of drug-likeness (QED) is 0.350.